The maximum absolute atomic E-state index is 12.1. The number of benzene rings is 1. The van der Waals surface area contributed by atoms with Crippen LogP contribution in [0.5, 0.6) is 0 Å². The van der Waals surface area contributed by atoms with E-state index in [2.05, 4.69) is 6.58 Å². The highest BCUT2D eigenvalue weighted by Gasteiger charge is 2.39. The van der Waals surface area contributed by atoms with Gasteiger partial charge in [0.05, 0.1) is 5.92 Å². The minimum atomic E-state index is -1.20. The van der Waals surface area contributed by atoms with Crippen LogP contribution in [0.4, 0.5) is 0 Å². The summed E-state index contributed by atoms with van der Waals surface area (Å²) in [5, 5.41) is 10.9. The van der Waals surface area contributed by atoms with E-state index in [4.69, 9.17) is 0 Å². The molecule has 1 rings (SSSR count). The zero-order valence-corrected chi connectivity index (χ0v) is 11.3. The molecule has 0 unspecified atom stereocenters. The summed E-state index contributed by atoms with van der Waals surface area (Å²) in [6, 6.07) is 9.27. The molecule has 1 aromatic carbocycles. The minimum absolute atomic E-state index is 0.0943. The van der Waals surface area contributed by atoms with Crippen LogP contribution in [0.3, 0.4) is 0 Å². The van der Waals surface area contributed by atoms with Crippen molar-refractivity contribution in [2.75, 3.05) is 14.1 Å². The third kappa shape index (κ3) is 2.79. The van der Waals surface area contributed by atoms with Gasteiger partial charge in [0, 0.05) is 14.1 Å². The van der Waals surface area contributed by atoms with Crippen LogP contribution in [0.1, 0.15) is 18.9 Å². The van der Waals surface area contributed by atoms with Crippen LogP contribution in [-0.2, 0) is 10.4 Å². The standard InChI is InChI=1S/C15H21NO2/c1-5-11-15(18,12(2)14(17)16(3)4)13-9-7-6-8-10-13/h5-10,12,18H,1,11H2,2-4H3/t12-,15+/m1/s1. The Kier molecular flexibility index (Phi) is 4.68. The molecule has 98 valence electrons. The summed E-state index contributed by atoms with van der Waals surface area (Å²) in [4.78, 5) is 13.6. The van der Waals surface area contributed by atoms with E-state index in [9.17, 15) is 9.90 Å². The highest BCUT2D eigenvalue weighted by molar-refractivity contribution is 5.79. The molecular formula is C15H21NO2. The number of aliphatic hydroxyl groups is 1. The fourth-order valence-corrected chi connectivity index (χ4v) is 2.08. The van der Waals surface area contributed by atoms with Gasteiger partial charge < -0.3 is 10.0 Å². The van der Waals surface area contributed by atoms with E-state index in [0.717, 1.165) is 5.56 Å². The molecule has 3 heteroatoms. The molecule has 0 saturated carbocycles. The lowest BCUT2D eigenvalue weighted by atomic mass is 9.79. The van der Waals surface area contributed by atoms with Gasteiger partial charge >= 0.3 is 0 Å². The number of carbonyl (C=O) groups is 1. The molecule has 0 spiro atoms. The van der Waals surface area contributed by atoms with Gasteiger partial charge in [-0.3, -0.25) is 4.79 Å². The first kappa shape index (κ1) is 14.5. The van der Waals surface area contributed by atoms with Crippen molar-refractivity contribution in [3.05, 3.63) is 48.6 Å². The molecule has 0 aliphatic heterocycles. The van der Waals surface area contributed by atoms with Crippen LogP contribution in [0, 0.1) is 5.92 Å². The Labute approximate surface area is 109 Å². The van der Waals surface area contributed by atoms with Gasteiger partial charge in [0.25, 0.3) is 0 Å². The third-order valence-electron chi connectivity index (χ3n) is 3.26. The molecule has 18 heavy (non-hydrogen) atoms. The van der Waals surface area contributed by atoms with Crippen LogP contribution in [0.2, 0.25) is 0 Å². The van der Waals surface area contributed by atoms with Crippen molar-refractivity contribution in [1.82, 2.24) is 4.90 Å². The predicted octanol–water partition coefficient (Wildman–Crippen LogP) is 2.17. The second kappa shape index (κ2) is 5.83. The van der Waals surface area contributed by atoms with Gasteiger partial charge in [0.1, 0.15) is 5.60 Å². The van der Waals surface area contributed by atoms with E-state index in [0.29, 0.717) is 6.42 Å². The molecular weight excluding hydrogens is 226 g/mol. The molecule has 3 nitrogen and oxygen atoms in total. The average molecular weight is 247 g/mol. The molecule has 0 aliphatic rings. The summed E-state index contributed by atoms with van der Waals surface area (Å²) in [5.41, 5.74) is -0.461. The van der Waals surface area contributed by atoms with Gasteiger partial charge in [-0.25, -0.2) is 0 Å². The first-order valence-electron chi connectivity index (χ1n) is 6.03. The van der Waals surface area contributed by atoms with Crippen LogP contribution in [-0.4, -0.2) is 30.0 Å². The SMILES string of the molecule is C=CC[C@@](O)(c1ccccc1)[C@H](C)C(=O)N(C)C. The highest BCUT2D eigenvalue weighted by atomic mass is 16.3. The molecule has 0 saturated heterocycles. The Morgan fingerprint density at radius 3 is 2.44 bits per heavy atom. The zero-order valence-electron chi connectivity index (χ0n) is 11.3. The van der Waals surface area contributed by atoms with Gasteiger partial charge in [-0.2, -0.15) is 0 Å². The first-order chi connectivity index (χ1) is 8.43. The van der Waals surface area contributed by atoms with Crippen molar-refractivity contribution in [2.45, 2.75) is 18.9 Å². The molecule has 2 atom stereocenters. The lowest BCUT2D eigenvalue weighted by Crippen LogP contribution is -2.42. The summed E-state index contributed by atoms with van der Waals surface area (Å²) < 4.78 is 0. The maximum Gasteiger partial charge on any atom is 0.228 e. The summed E-state index contributed by atoms with van der Waals surface area (Å²) in [6.07, 6.45) is 1.99. The fourth-order valence-electron chi connectivity index (χ4n) is 2.08. The monoisotopic (exact) mass is 247 g/mol. The molecule has 0 bridgehead atoms. The molecule has 1 amide bonds. The fraction of sp³-hybridized carbons (Fsp3) is 0.400. The van der Waals surface area contributed by atoms with Crippen molar-refractivity contribution in [1.29, 1.82) is 0 Å². The Balaban J connectivity index is 3.15. The zero-order chi connectivity index (χ0) is 13.8. The van der Waals surface area contributed by atoms with Crippen LogP contribution in [0.25, 0.3) is 0 Å². The van der Waals surface area contributed by atoms with Gasteiger partial charge in [-0.1, -0.05) is 43.3 Å². The number of hydrogen-bond acceptors (Lipinski definition) is 2. The summed E-state index contributed by atoms with van der Waals surface area (Å²) in [7, 11) is 3.39. The quantitative estimate of drug-likeness (QED) is 0.810. The molecule has 0 heterocycles. The average Bonchev–Trinajstić information content (AvgIpc) is 2.38. The van der Waals surface area contributed by atoms with E-state index in [1.165, 1.54) is 4.90 Å². The van der Waals surface area contributed by atoms with Crippen molar-refractivity contribution < 1.29 is 9.90 Å². The van der Waals surface area contributed by atoms with E-state index >= 15 is 0 Å². The van der Waals surface area contributed by atoms with Crippen molar-refractivity contribution in [2.24, 2.45) is 5.92 Å². The Morgan fingerprint density at radius 1 is 1.44 bits per heavy atom. The molecule has 0 radical (unpaired) electrons. The van der Waals surface area contributed by atoms with Gasteiger partial charge in [-0.15, -0.1) is 6.58 Å². The van der Waals surface area contributed by atoms with Gasteiger partial charge in [-0.05, 0) is 12.0 Å². The maximum atomic E-state index is 12.1. The second-order valence-electron chi connectivity index (χ2n) is 4.74. The molecule has 1 N–H and O–H groups in total. The van der Waals surface area contributed by atoms with E-state index in [1.807, 2.05) is 30.3 Å². The van der Waals surface area contributed by atoms with E-state index < -0.39 is 11.5 Å². The number of amides is 1. The molecule has 1 aromatic rings. The molecule has 0 fully saturated rings. The lowest BCUT2D eigenvalue weighted by Gasteiger charge is -2.34. The predicted molar refractivity (Wildman–Crippen MR) is 73.0 cm³/mol. The van der Waals surface area contributed by atoms with Crippen molar-refractivity contribution in [3.63, 3.8) is 0 Å². The number of rotatable bonds is 5. The Bertz CT molecular complexity index is 414. The van der Waals surface area contributed by atoms with E-state index in [1.54, 1.807) is 27.1 Å². The van der Waals surface area contributed by atoms with Crippen molar-refractivity contribution >= 4 is 5.91 Å². The smallest absolute Gasteiger partial charge is 0.228 e. The van der Waals surface area contributed by atoms with E-state index in [-0.39, 0.29) is 5.91 Å². The molecule has 0 aliphatic carbocycles. The number of hydrogen-bond donors (Lipinski definition) is 1. The third-order valence-corrected chi connectivity index (χ3v) is 3.26. The Hall–Kier alpha value is -1.61. The normalized spacial score (nSPS) is 15.6. The minimum Gasteiger partial charge on any atom is -0.384 e. The largest absolute Gasteiger partial charge is 0.384 e. The molecule has 0 aromatic heterocycles. The second-order valence-corrected chi connectivity index (χ2v) is 4.74. The van der Waals surface area contributed by atoms with Gasteiger partial charge in [0.15, 0.2) is 0 Å². The number of carbonyl (C=O) groups excluding carboxylic acids is 1. The van der Waals surface area contributed by atoms with Crippen LogP contribution < -0.4 is 0 Å². The highest BCUT2D eigenvalue weighted by Crippen LogP contribution is 2.34. The number of nitrogens with zero attached hydrogens (tertiary/aromatic N) is 1. The van der Waals surface area contributed by atoms with Crippen molar-refractivity contribution in [3.8, 4) is 0 Å². The van der Waals surface area contributed by atoms with Crippen LogP contribution in [0.15, 0.2) is 43.0 Å². The topological polar surface area (TPSA) is 40.5 Å². The van der Waals surface area contributed by atoms with Gasteiger partial charge in [0.2, 0.25) is 5.91 Å². The summed E-state index contributed by atoms with van der Waals surface area (Å²) >= 11 is 0. The lowest BCUT2D eigenvalue weighted by molar-refractivity contribution is -0.142. The summed E-state index contributed by atoms with van der Waals surface area (Å²) in [6.45, 7) is 5.42. The van der Waals surface area contributed by atoms with Crippen LogP contribution >= 0.6 is 0 Å². The first-order valence-corrected chi connectivity index (χ1v) is 6.03. The Morgan fingerprint density at radius 2 is 2.00 bits per heavy atom. The summed E-state index contributed by atoms with van der Waals surface area (Å²) in [5.74, 6) is -0.615.